The number of aliphatic imine (C=N–C) groups is 2. The highest BCUT2D eigenvalue weighted by molar-refractivity contribution is 5.72. The number of nitrogens with zero attached hydrogens (tertiary/aromatic N) is 2. The Morgan fingerprint density at radius 2 is 1.45 bits per heavy atom. The maximum absolute atomic E-state index is 10.7. The monoisotopic (exact) mass is 272 g/mol. The van der Waals surface area contributed by atoms with Crippen LogP contribution < -0.4 is 0 Å². The van der Waals surface area contributed by atoms with Crippen molar-refractivity contribution in [2.24, 2.45) is 9.98 Å². The Labute approximate surface area is 119 Å². The van der Waals surface area contributed by atoms with E-state index in [4.69, 9.17) is 0 Å². The lowest BCUT2D eigenvalue weighted by Gasteiger charge is -2.15. The van der Waals surface area contributed by atoms with Crippen LogP contribution in [0.5, 0.6) is 0 Å². The molecule has 4 heteroatoms. The van der Waals surface area contributed by atoms with Gasteiger partial charge in [0.05, 0.1) is 11.4 Å². The van der Waals surface area contributed by atoms with Gasteiger partial charge in [-0.1, -0.05) is 33.3 Å². The second-order valence-corrected chi connectivity index (χ2v) is 4.59. The largest absolute Gasteiger partial charge is 0.240 e. The fraction of sp³-hybridized carbons (Fsp3) is 0.500. The first kappa shape index (κ1) is 16.0. The van der Waals surface area contributed by atoms with Gasteiger partial charge in [-0.15, -0.1) is 0 Å². The van der Waals surface area contributed by atoms with E-state index in [1.807, 2.05) is 19.9 Å². The number of aryl methyl sites for hydroxylation is 2. The zero-order chi connectivity index (χ0) is 15.0. The third-order valence-corrected chi connectivity index (χ3v) is 3.39. The third kappa shape index (κ3) is 3.51. The molecule has 0 spiro atoms. The van der Waals surface area contributed by atoms with E-state index >= 15 is 0 Å². The molecule has 0 aliphatic carbocycles. The van der Waals surface area contributed by atoms with Crippen molar-refractivity contribution in [2.75, 3.05) is 0 Å². The summed E-state index contributed by atoms with van der Waals surface area (Å²) in [6.45, 7) is 6.13. The molecule has 0 atom stereocenters. The Morgan fingerprint density at radius 3 is 1.80 bits per heavy atom. The van der Waals surface area contributed by atoms with Crippen LogP contribution in [-0.4, -0.2) is 12.2 Å². The van der Waals surface area contributed by atoms with Crippen molar-refractivity contribution in [2.45, 2.75) is 52.9 Å². The summed E-state index contributed by atoms with van der Waals surface area (Å²) < 4.78 is 0. The highest BCUT2D eigenvalue weighted by Gasteiger charge is 2.16. The number of unbranched alkanes of at least 4 members (excludes halogenated alkanes) is 1. The Hall–Kier alpha value is -2.02. The van der Waals surface area contributed by atoms with Gasteiger partial charge in [-0.3, -0.25) is 0 Å². The van der Waals surface area contributed by atoms with E-state index in [0.717, 1.165) is 48.8 Å². The minimum absolute atomic E-state index is 0.627. The molecular formula is C16H20N2O2. The van der Waals surface area contributed by atoms with Crippen molar-refractivity contribution in [3.63, 3.8) is 0 Å². The zero-order valence-corrected chi connectivity index (χ0v) is 12.3. The maximum Gasteiger partial charge on any atom is 0.240 e. The number of isocyanates is 2. The molecule has 1 aromatic rings. The summed E-state index contributed by atoms with van der Waals surface area (Å²) in [6, 6.07) is 1.97. The molecule has 0 radical (unpaired) electrons. The van der Waals surface area contributed by atoms with Crippen molar-refractivity contribution in [3.05, 3.63) is 22.8 Å². The quantitative estimate of drug-likeness (QED) is 0.554. The topological polar surface area (TPSA) is 58.9 Å². The van der Waals surface area contributed by atoms with Gasteiger partial charge < -0.3 is 0 Å². The van der Waals surface area contributed by atoms with Crippen LogP contribution in [0.15, 0.2) is 16.1 Å². The molecule has 0 saturated carbocycles. The number of carbonyl (C=O) groups excluding carboxylic acids is 2. The van der Waals surface area contributed by atoms with Crippen LogP contribution in [0.3, 0.4) is 0 Å². The fourth-order valence-corrected chi connectivity index (χ4v) is 2.35. The molecule has 0 aliphatic rings. The SMILES string of the molecule is CCCCc1c(N=C=O)c(CC)cc(CC)c1N=C=O. The molecule has 1 rings (SSSR count). The van der Waals surface area contributed by atoms with Crippen LogP contribution in [-0.2, 0) is 28.9 Å². The van der Waals surface area contributed by atoms with Gasteiger partial charge in [-0.25, -0.2) is 9.59 Å². The Bertz CT molecular complexity index is 522. The molecule has 0 N–H and O–H groups in total. The fourth-order valence-electron chi connectivity index (χ4n) is 2.35. The second kappa shape index (κ2) is 8.21. The Balaban J connectivity index is 3.64. The first-order valence-electron chi connectivity index (χ1n) is 7.06. The number of hydrogen-bond donors (Lipinski definition) is 0. The van der Waals surface area contributed by atoms with Gasteiger partial charge in [-0.05, 0) is 36.8 Å². The molecule has 0 amide bonds. The van der Waals surface area contributed by atoms with Gasteiger partial charge in [0.1, 0.15) is 0 Å². The van der Waals surface area contributed by atoms with Crippen molar-refractivity contribution < 1.29 is 9.59 Å². The first-order valence-corrected chi connectivity index (χ1v) is 7.06. The average Bonchev–Trinajstić information content (AvgIpc) is 2.47. The maximum atomic E-state index is 10.7. The predicted octanol–water partition coefficient (Wildman–Crippen LogP) is 4.09. The summed E-state index contributed by atoms with van der Waals surface area (Å²) in [6.07, 6.45) is 7.51. The summed E-state index contributed by atoms with van der Waals surface area (Å²) in [7, 11) is 0. The molecule has 0 unspecified atom stereocenters. The summed E-state index contributed by atoms with van der Waals surface area (Å²) in [4.78, 5) is 29.1. The summed E-state index contributed by atoms with van der Waals surface area (Å²) >= 11 is 0. The lowest BCUT2D eigenvalue weighted by atomic mass is 9.94. The van der Waals surface area contributed by atoms with Crippen LogP contribution in [0, 0.1) is 0 Å². The van der Waals surface area contributed by atoms with Crippen LogP contribution in [0.4, 0.5) is 11.4 Å². The van der Waals surface area contributed by atoms with E-state index in [-0.39, 0.29) is 0 Å². The van der Waals surface area contributed by atoms with Crippen LogP contribution in [0.1, 0.15) is 50.3 Å². The number of benzene rings is 1. The highest BCUT2D eigenvalue weighted by atomic mass is 16.1. The molecule has 1 aromatic carbocycles. The van der Waals surface area contributed by atoms with Crippen molar-refractivity contribution in [1.82, 2.24) is 0 Å². The molecule has 0 bridgehead atoms. The molecule has 0 aliphatic heterocycles. The van der Waals surface area contributed by atoms with Crippen LogP contribution in [0.2, 0.25) is 0 Å². The Kier molecular flexibility index (Phi) is 6.58. The third-order valence-electron chi connectivity index (χ3n) is 3.39. The molecule has 106 valence electrons. The standard InChI is InChI=1S/C16H20N2O2/c1-4-7-8-14-15(17-10-19)12(5-2)9-13(6-3)16(14)18-11-20/h9H,4-8H2,1-3H3. The van der Waals surface area contributed by atoms with Gasteiger partial charge >= 0.3 is 0 Å². The zero-order valence-electron chi connectivity index (χ0n) is 12.3. The van der Waals surface area contributed by atoms with E-state index in [2.05, 4.69) is 16.9 Å². The van der Waals surface area contributed by atoms with Crippen molar-refractivity contribution in [1.29, 1.82) is 0 Å². The van der Waals surface area contributed by atoms with E-state index in [9.17, 15) is 9.59 Å². The first-order chi connectivity index (χ1) is 9.73. The van der Waals surface area contributed by atoms with Crippen molar-refractivity contribution in [3.8, 4) is 0 Å². The second-order valence-electron chi connectivity index (χ2n) is 4.59. The molecule has 0 aromatic heterocycles. The van der Waals surface area contributed by atoms with Crippen molar-refractivity contribution >= 4 is 23.5 Å². The van der Waals surface area contributed by atoms with Crippen LogP contribution >= 0.6 is 0 Å². The van der Waals surface area contributed by atoms with Gasteiger partial charge in [0.2, 0.25) is 12.2 Å². The highest BCUT2D eigenvalue weighted by Crippen LogP contribution is 2.37. The molecule has 0 saturated heterocycles. The molecule has 0 fully saturated rings. The normalized spacial score (nSPS) is 9.75. The molecule has 20 heavy (non-hydrogen) atoms. The predicted molar refractivity (Wildman–Crippen MR) is 79.4 cm³/mol. The van der Waals surface area contributed by atoms with Gasteiger partial charge in [-0.2, -0.15) is 9.98 Å². The Morgan fingerprint density at radius 1 is 0.950 bits per heavy atom. The minimum atomic E-state index is 0.627. The summed E-state index contributed by atoms with van der Waals surface area (Å²) in [5.74, 6) is 0. The van der Waals surface area contributed by atoms with E-state index in [1.165, 1.54) is 0 Å². The molecular weight excluding hydrogens is 252 g/mol. The van der Waals surface area contributed by atoms with Gasteiger partial charge in [0.25, 0.3) is 0 Å². The number of hydrogen-bond acceptors (Lipinski definition) is 4. The van der Waals surface area contributed by atoms with E-state index in [1.54, 1.807) is 12.2 Å². The van der Waals surface area contributed by atoms with Gasteiger partial charge in [0, 0.05) is 5.56 Å². The van der Waals surface area contributed by atoms with E-state index < -0.39 is 0 Å². The van der Waals surface area contributed by atoms with Gasteiger partial charge in [0.15, 0.2) is 0 Å². The number of rotatable bonds is 7. The minimum Gasteiger partial charge on any atom is -0.211 e. The summed E-state index contributed by atoms with van der Waals surface area (Å²) in [5.41, 5.74) is 4.13. The lowest BCUT2D eigenvalue weighted by Crippen LogP contribution is -1.97. The molecule has 0 heterocycles. The summed E-state index contributed by atoms with van der Waals surface area (Å²) in [5, 5.41) is 0. The lowest BCUT2D eigenvalue weighted by molar-refractivity contribution is 0.564. The average molecular weight is 272 g/mol. The smallest absolute Gasteiger partial charge is 0.211 e. The van der Waals surface area contributed by atoms with Crippen LogP contribution in [0.25, 0.3) is 0 Å². The van der Waals surface area contributed by atoms with E-state index in [0.29, 0.717) is 11.4 Å². The molecule has 4 nitrogen and oxygen atoms in total.